The van der Waals surface area contributed by atoms with E-state index in [0.29, 0.717) is 29.1 Å². The SMILES string of the molecule is CCN1CCN(Cc2ccc(Nc3ncc(F)c(-c4cc(F)c5nc(C)n(C(C)C)c5c4)n3)cc2F)CC1. The van der Waals surface area contributed by atoms with E-state index < -0.39 is 11.6 Å². The zero-order valence-corrected chi connectivity index (χ0v) is 22.1. The maximum atomic E-state index is 15.0. The van der Waals surface area contributed by atoms with Gasteiger partial charge in [0.1, 0.15) is 22.9 Å². The van der Waals surface area contributed by atoms with Gasteiger partial charge in [0.2, 0.25) is 5.95 Å². The number of rotatable bonds is 7. The summed E-state index contributed by atoms with van der Waals surface area (Å²) >= 11 is 0. The van der Waals surface area contributed by atoms with Gasteiger partial charge in [0.15, 0.2) is 11.6 Å². The van der Waals surface area contributed by atoms with Crippen LogP contribution in [0.1, 0.15) is 38.2 Å². The van der Waals surface area contributed by atoms with Crippen molar-refractivity contribution in [1.82, 2.24) is 29.3 Å². The lowest BCUT2D eigenvalue weighted by atomic mass is 10.1. The Morgan fingerprint density at radius 1 is 0.921 bits per heavy atom. The van der Waals surface area contributed by atoms with Crippen molar-refractivity contribution >= 4 is 22.7 Å². The maximum absolute atomic E-state index is 15.0. The number of anilines is 2. The number of halogens is 3. The second kappa shape index (κ2) is 10.7. The number of benzene rings is 2. The number of hydrogen-bond acceptors (Lipinski definition) is 6. The van der Waals surface area contributed by atoms with Crippen LogP contribution in [0.4, 0.5) is 24.8 Å². The minimum atomic E-state index is -0.689. The monoisotopic (exact) mass is 523 g/mol. The Hall–Kier alpha value is -3.50. The molecule has 2 aromatic carbocycles. The molecule has 0 saturated carbocycles. The Morgan fingerprint density at radius 2 is 1.66 bits per heavy atom. The van der Waals surface area contributed by atoms with Crippen molar-refractivity contribution in [3.05, 3.63) is 65.4 Å². The van der Waals surface area contributed by atoms with Crippen molar-refractivity contribution in [2.75, 3.05) is 38.0 Å². The molecule has 0 spiro atoms. The number of imidazole rings is 1. The quantitative estimate of drug-likeness (QED) is 0.336. The largest absolute Gasteiger partial charge is 0.326 e. The number of fused-ring (bicyclic) bond motifs is 1. The summed E-state index contributed by atoms with van der Waals surface area (Å²) in [6, 6.07) is 7.84. The molecule has 0 radical (unpaired) electrons. The average molecular weight is 524 g/mol. The second-order valence-corrected chi connectivity index (χ2v) is 9.98. The van der Waals surface area contributed by atoms with E-state index in [0.717, 1.165) is 38.9 Å². The molecule has 2 aromatic heterocycles. The summed E-state index contributed by atoms with van der Waals surface area (Å²) in [5.74, 6) is -0.823. The van der Waals surface area contributed by atoms with E-state index in [2.05, 4.69) is 37.0 Å². The molecule has 38 heavy (non-hydrogen) atoms. The van der Waals surface area contributed by atoms with Crippen LogP contribution in [0.3, 0.4) is 0 Å². The third kappa shape index (κ3) is 5.23. The van der Waals surface area contributed by atoms with Crippen molar-refractivity contribution in [3.8, 4) is 11.3 Å². The molecule has 200 valence electrons. The summed E-state index contributed by atoms with van der Waals surface area (Å²) in [5.41, 5.74) is 2.06. The van der Waals surface area contributed by atoms with Crippen molar-refractivity contribution in [1.29, 1.82) is 0 Å². The molecule has 1 aliphatic rings. The summed E-state index contributed by atoms with van der Waals surface area (Å²) < 4.78 is 46.6. The fourth-order valence-electron chi connectivity index (χ4n) is 5.07. The molecule has 1 fully saturated rings. The van der Waals surface area contributed by atoms with Crippen LogP contribution in [0, 0.1) is 24.4 Å². The fourth-order valence-corrected chi connectivity index (χ4v) is 5.07. The van der Waals surface area contributed by atoms with Gasteiger partial charge in [-0.2, -0.15) is 0 Å². The summed E-state index contributed by atoms with van der Waals surface area (Å²) in [5, 5.41) is 2.95. The molecule has 0 unspecified atom stereocenters. The molecule has 0 bridgehead atoms. The molecule has 4 aromatic rings. The first-order valence-corrected chi connectivity index (χ1v) is 12.9. The third-order valence-corrected chi connectivity index (χ3v) is 7.07. The van der Waals surface area contributed by atoms with Gasteiger partial charge < -0.3 is 14.8 Å². The summed E-state index contributed by atoms with van der Waals surface area (Å²) in [6.45, 7) is 13.3. The predicted octanol–water partition coefficient (Wildman–Crippen LogP) is 5.68. The Morgan fingerprint density at radius 3 is 2.34 bits per heavy atom. The van der Waals surface area contributed by atoms with E-state index in [-0.39, 0.29) is 34.6 Å². The van der Waals surface area contributed by atoms with Crippen molar-refractivity contribution < 1.29 is 13.2 Å². The smallest absolute Gasteiger partial charge is 0.227 e. The molecule has 0 amide bonds. The van der Waals surface area contributed by atoms with E-state index in [1.165, 1.54) is 12.1 Å². The van der Waals surface area contributed by atoms with E-state index in [9.17, 15) is 13.2 Å². The summed E-state index contributed by atoms with van der Waals surface area (Å²) in [4.78, 5) is 17.3. The van der Waals surface area contributed by atoms with Crippen molar-refractivity contribution in [2.45, 2.75) is 40.3 Å². The first-order valence-electron chi connectivity index (χ1n) is 12.9. The van der Waals surface area contributed by atoms with Crippen LogP contribution in [-0.2, 0) is 6.54 Å². The van der Waals surface area contributed by atoms with E-state index in [4.69, 9.17) is 0 Å². The van der Waals surface area contributed by atoms with E-state index in [1.807, 2.05) is 25.3 Å². The molecule has 7 nitrogen and oxygen atoms in total. The molecular formula is C28H32F3N7. The number of nitrogens with one attached hydrogen (secondary N) is 1. The molecular weight excluding hydrogens is 491 g/mol. The Balaban J connectivity index is 1.38. The zero-order chi connectivity index (χ0) is 27.0. The molecule has 0 aliphatic carbocycles. The van der Waals surface area contributed by atoms with Crippen LogP contribution in [0.25, 0.3) is 22.3 Å². The van der Waals surface area contributed by atoms with Crippen LogP contribution >= 0.6 is 0 Å². The predicted molar refractivity (Wildman–Crippen MR) is 143 cm³/mol. The molecule has 3 heterocycles. The lowest BCUT2D eigenvalue weighted by molar-refractivity contribution is 0.131. The first kappa shape index (κ1) is 26.1. The Kier molecular flexibility index (Phi) is 7.36. The molecule has 0 atom stereocenters. The Labute approximate surface area is 220 Å². The fraction of sp³-hybridized carbons (Fsp3) is 0.393. The standard InChI is InChI=1S/C28H32F3N7/c1-5-36-8-10-37(11-9-36)16-19-6-7-21(14-22(19)29)34-28-32-15-24(31)26(35-28)20-12-23(30)27-25(13-20)38(17(2)3)18(4)33-27/h6-7,12-15,17H,5,8-11,16H2,1-4H3,(H,32,34,35). The number of aryl methyl sites for hydroxylation is 1. The second-order valence-electron chi connectivity index (χ2n) is 9.98. The normalized spacial score (nSPS) is 15.1. The van der Waals surface area contributed by atoms with Gasteiger partial charge in [-0.15, -0.1) is 0 Å². The minimum Gasteiger partial charge on any atom is -0.326 e. The summed E-state index contributed by atoms with van der Waals surface area (Å²) in [7, 11) is 0. The maximum Gasteiger partial charge on any atom is 0.227 e. The zero-order valence-electron chi connectivity index (χ0n) is 22.1. The number of nitrogens with zero attached hydrogens (tertiary/aromatic N) is 6. The number of aromatic nitrogens is 4. The van der Waals surface area contributed by atoms with Gasteiger partial charge >= 0.3 is 0 Å². The lowest BCUT2D eigenvalue weighted by Crippen LogP contribution is -2.45. The molecule has 1 aliphatic heterocycles. The summed E-state index contributed by atoms with van der Waals surface area (Å²) in [6.07, 6.45) is 1.03. The van der Waals surface area contributed by atoms with Gasteiger partial charge in [-0.05, 0) is 51.6 Å². The highest BCUT2D eigenvalue weighted by Crippen LogP contribution is 2.30. The van der Waals surface area contributed by atoms with Crippen LogP contribution in [0.2, 0.25) is 0 Å². The average Bonchev–Trinajstić information content (AvgIpc) is 3.24. The van der Waals surface area contributed by atoms with Crippen molar-refractivity contribution in [2.24, 2.45) is 0 Å². The molecule has 5 rings (SSSR count). The highest BCUT2D eigenvalue weighted by Gasteiger charge is 2.19. The lowest BCUT2D eigenvalue weighted by Gasteiger charge is -2.34. The van der Waals surface area contributed by atoms with Crippen molar-refractivity contribution in [3.63, 3.8) is 0 Å². The number of piperazine rings is 1. The molecule has 1 saturated heterocycles. The van der Waals surface area contributed by atoms with Gasteiger partial charge in [-0.3, -0.25) is 4.90 Å². The van der Waals surface area contributed by atoms with E-state index >= 15 is 0 Å². The van der Waals surface area contributed by atoms with Crippen LogP contribution in [0.5, 0.6) is 0 Å². The number of hydrogen-bond donors (Lipinski definition) is 1. The third-order valence-electron chi connectivity index (χ3n) is 7.07. The molecule has 1 N–H and O–H groups in total. The van der Waals surface area contributed by atoms with Gasteiger partial charge in [0.25, 0.3) is 0 Å². The van der Waals surface area contributed by atoms with Crippen LogP contribution in [-0.4, -0.2) is 62.0 Å². The van der Waals surface area contributed by atoms with Gasteiger partial charge in [-0.1, -0.05) is 13.0 Å². The van der Waals surface area contributed by atoms with Gasteiger partial charge in [0, 0.05) is 55.6 Å². The Bertz CT molecular complexity index is 1460. The minimum absolute atomic E-state index is 0.0425. The van der Waals surface area contributed by atoms with Crippen LogP contribution < -0.4 is 5.32 Å². The van der Waals surface area contributed by atoms with E-state index in [1.54, 1.807) is 18.2 Å². The van der Waals surface area contributed by atoms with Crippen LogP contribution in [0.15, 0.2) is 36.5 Å². The topological polar surface area (TPSA) is 62.1 Å². The molecule has 10 heteroatoms. The van der Waals surface area contributed by atoms with Gasteiger partial charge in [-0.25, -0.2) is 28.1 Å². The highest BCUT2D eigenvalue weighted by atomic mass is 19.1. The highest BCUT2D eigenvalue weighted by molar-refractivity contribution is 5.83. The van der Waals surface area contributed by atoms with Gasteiger partial charge in [0.05, 0.1) is 11.7 Å². The first-order chi connectivity index (χ1) is 18.2. The number of likely N-dealkylation sites (N-methyl/N-ethyl adjacent to an activating group) is 1.